The number of rotatable bonds is 6. The monoisotopic (exact) mass is 414 g/mol. The number of hydrogen-bond donors (Lipinski definition) is 3. The summed E-state index contributed by atoms with van der Waals surface area (Å²) < 4.78 is 0. The van der Waals surface area contributed by atoms with Crippen LogP contribution in [0.15, 0.2) is 47.6 Å². The zero-order chi connectivity index (χ0) is 22.1. The van der Waals surface area contributed by atoms with E-state index in [1.54, 1.807) is 0 Å². The Morgan fingerprint density at radius 1 is 1.13 bits per heavy atom. The highest BCUT2D eigenvalue weighted by Gasteiger charge is 2.50. The third kappa shape index (κ3) is 4.69. The standard InChI is InChI=1S/C27H42O3/c1-17(8-6-9-18(2)28)23-13-14-24-21(10-7-15-27(23,24)5)11-12-22-16-25(29)20(4)26(30)19(22)3/h11-12,17-18,23-26,28-30H,3-4,6-10,13-16H2,1-2,5H3/b21-11+,22-12-/t17-,18+,23-,24+,25-,26-,27-/m1/s1. The number of hydrogen-bond acceptors (Lipinski definition) is 3. The summed E-state index contributed by atoms with van der Waals surface area (Å²) in [4.78, 5) is 0. The molecular formula is C27H42O3. The lowest BCUT2D eigenvalue weighted by atomic mass is 9.60. The SMILES string of the molecule is C=C1/C(=C\C=C2/CCC[C@]3(C)[C@@H]([C@H](C)CCC[C@H](C)O)CC[C@@H]23)C[C@@H](O)C(=C)[C@@H]1O. The quantitative estimate of drug-likeness (QED) is 0.504. The highest BCUT2D eigenvalue weighted by atomic mass is 16.3. The Balaban J connectivity index is 1.73. The van der Waals surface area contributed by atoms with Crippen molar-refractivity contribution in [3.63, 3.8) is 0 Å². The van der Waals surface area contributed by atoms with Gasteiger partial charge in [0, 0.05) is 6.42 Å². The van der Waals surface area contributed by atoms with Crippen LogP contribution in [0.3, 0.4) is 0 Å². The van der Waals surface area contributed by atoms with Crippen LogP contribution in [0.25, 0.3) is 0 Å². The van der Waals surface area contributed by atoms with E-state index in [0.717, 1.165) is 30.8 Å². The van der Waals surface area contributed by atoms with Crippen molar-refractivity contribution in [2.45, 2.75) is 96.9 Å². The third-order valence-corrected chi connectivity index (χ3v) is 8.44. The van der Waals surface area contributed by atoms with Crippen LogP contribution in [-0.4, -0.2) is 33.6 Å². The van der Waals surface area contributed by atoms with E-state index in [1.165, 1.54) is 37.7 Å². The Morgan fingerprint density at radius 3 is 2.57 bits per heavy atom. The van der Waals surface area contributed by atoms with E-state index < -0.39 is 12.2 Å². The molecule has 0 aromatic rings. The molecule has 0 aromatic carbocycles. The summed E-state index contributed by atoms with van der Waals surface area (Å²) in [5, 5.41) is 30.0. The van der Waals surface area contributed by atoms with E-state index in [2.05, 4.69) is 39.2 Å². The molecule has 168 valence electrons. The third-order valence-electron chi connectivity index (χ3n) is 8.44. The fraction of sp³-hybridized carbons (Fsp3) is 0.704. The van der Waals surface area contributed by atoms with E-state index >= 15 is 0 Å². The van der Waals surface area contributed by atoms with Gasteiger partial charge in [0.25, 0.3) is 0 Å². The molecule has 3 aliphatic carbocycles. The first-order valence-electron chi connectivity index (χ1n) is 12.0. The predicted molar refractivity (Wildman–Crippen MR) is 124 cm³/mol. The lowest BCUT2D eigenvalue weighted by molar-refractivity contribution is 0.0907. The molecule has 0 bridgehead atoms. The number of aliphatic hydroxyl groups is 3. The second-order valence-corrected chi connectivity index (χ2v) is 10.5. The van der Waals surface area contributed by atoms with Gasteiger partial charge < -0.3 is 15.3 Å². The normalized spacial score (nSPS) is 39.4. The van der Waals surface area contributed by atoms with Crippen molar-refractivity contribution in [2.24, 2.45) is 23.2 Å². The molecule has 3 saturated carbocycles. The molecule has 0 saturated heterocycles. The zero-order valence-corrected chi connectivity index (χ0v) is 19.2. The molecule has 3 nitrogen and oxygen atoms in total. The average Bonchev–Trinajstić information content (AvgIpc) is 3.05. The van der Waals surface area contributed by atoms with Gasteiger partial charge in [-0.1, -0.05) is 57.6 Å². The number of allylic oxidation sites excluding steroid dienone is 3. The zero-order valence-electron chi connectivity index (χ0n) is 19.2. The Kier molecular flexibility index (Phi) is 7.48. The van der Waals surface area contributed by atoms with Crippen molar-refractivity contribution in [3.05, 3.63) is 47.6 Å². The summed E-state index contributed by atoms with van der Waals surface area (Å²) in [5.41, 5.74) is 3.98. The highest BCUT2D eigenvalue weighted by molar-refractivity contribution is 5.45. The van der Waals surface area contributed by atoms with E-state index in [1.807, 2.05) is 6.92 Å². The maximum Gasteiger partial charge on any atom is 0.102 e. The summed E-state index contributed by atoms with van der Waals surface area (Å²) in [6.45, 7) is 14.7. The molecule has 7 atom stereocenters. The van der Waals surface area contributed by atoms with Crippen LogP contribution in [0.4, 0.5) is 0 Å². The molecule has 0 unspecified atom stereocenters. The summed E-state index contributed by atoms with van der Waals surface area (Å²) in [7, 11) is 0. The van der Waals surface area contributed by atoms with Crippen molar-refractivity contribution in [2.75, 3.05) is 0 Å². The molecule has 0 spiro atoms. The van der Waals surface area contributed by atoms with E-state index in [0.29, 0.717) is 34.8 Å². The van der Waals surface area contributed by atoms with E-state index in [-0.39, 0.29) is 6.10 Å². The Labute approximate surface area is 183 Å². The topological polar surface area (TPSA) is 60.7 Å². The van der Waals surface area contributed by atoms with Crippen LogP contribution in [0.2, 0.25) is 0 Å². The molecule has 0 aliphatic heterocycles. The van der Waals surface area contributed by atoms with Gasteiger partial charge in [-0.2, -0.15) is 0 Å². The Morgan fingerprint density at radius 2 is 1.87 bits per heavy atom. The first-order chi connectivity index (χ1) is 14.1. The number of aliphatic hydroxyl groups excluding tert-OH is 3. The van der Waals surface area contributed by atoms with Crippen molar-refractivity contribution in [1.82, 2.24) is 0 Å². The molecule has 0 aromatic heterocycles. The van der Waals surface area contributed by atoms with Crippen LogP contribution in [0.5, 0.6) is 0 Å². The van der Waals surface area contributed by atoms with Gasteiger partial charge >= 0.3 is 0 Å². The van der Waals surface area contributed by atoms with E-state index in [9.17, 15) is 15.3 Å². The molecular weight excluding hydrogens is 372 g/mol. The molecule has 30 heavy (non-hydrogen) atoms. The Hall–Kier alpha value is -1.16. The van der Waals surface area contributed by atoms with Gasteiger partial charge in [-0.25, -0.2) is 0 Å². The predicted octanol–water partition coefficient (Wildman–Crippen LogP) is 5.48. The highest BCUT2D eigenvalue weighted by Crippen LogP contribution is 2.59. The molecule has 3 aliphatic rings. The fourth-order valence-corrected chi connectivity index (χ4v) is 6.59. The van der Waals surface area contributed by atoms with Crippen LogP contribution < -0.4 is 0 Å². The molecule has 3 rings (SSSR count). The van der Waals surface area contributed by atoms with Crippen molar-refractivity contribution < 1.29 is 15.3 Å². The smallest absolute Gasteiger partial charge is 0.102 e. The van der Waals surface area contributed by atoms with Gasteiger partial charge in [0.05, 0.1) is 12.2 Å². The minimum absolute atomic E-state index is 0.190. The minimum Gasteiger partial charge on any atom is -0.393 e. The summed E-state index contributed by atoms with van der Waals surface area (Å²) in [6, 6.07) is 0. The van der Waals surface area contributed by atoms with Crippen LogP contribution in [0.1, 0.15) is 78.6 Å². The van der Waals surface area contributed by atoms with Crippen molar-refractivity contribution in [1.29, 1.82) is 0 Å². The van der Waals surface area contributed by atoms with Gasteiger partial charge in [-0.05, 0) is 85.3 Å². The second-order valence-electron chi connectivity index (χ2n) is 10.5. The lowest BCUT2D eigenvalue weighted by Gasteiger charge is -2.44. The van der Waals surface area contributed by atoms with Crippen molar-refractivity contribution >= 4 is 0 Å². The molecule has 0 heterocycles. The summed E-state index contributed by atoms with van der Waals surface area (Å²) in [5.74, 6) is 2.09. The van der Waals surface area contributed by atoms with Crippen molar-refractivity contribution in [3.8, 4) is 0 Å². The van der Waals surface area contributed by atoms with Crippen LogP contribution in [-0.2, 0) is 0 Å². The van der Waals surface area contributed by atoms with Gasteiger partial charge in [0.15, 0.2) is 0 Å². The molecule has 3 fully saturated rings. The van der Waals surface area contributed by atoms with Crippen LogP contribution >= 0.6 is 0 Å². The molecule has 0 amide bonds. The molecule has 3 N–H and O–H groups in total. The molecule has 0 radical (unpaired) electrons. The van der Waals surface area contributed by atoms with Gasteiger partial charge in [0.1, 0.15) is 6.10 Å². The average molecular weight is 415 g/mol. The largest absolute Gasteiger partial charge is 0.393 e. The Bertz CT molecular complexity index is 716. The summed E-state index contributed by atoms with van der Waals surface area (Å²) >= 11 is 0. The van der Waals surface area contributed by atoms with Gasteiger partial charge in [-0.3, -0.25) is 0 Å². The maximum atomic E-state index is 10.3. The maximum absolute atomic E-state index is 10.3. The molecule has 3 heteroatoms. The van der Waals surface area contributed by atoms with Crippen LogP contribution in [0, 0.1) is 23.2 Å². The van der Waals surface area contributed by atoms with E-state index in [4.69, 9.17) is 0 Å². The lowest BCUT2D eigenvalue weighted by Crippen LogP contribution is -2.36. The second kappa shape index (κ2) is 9.54. The fourth-order valence-electron chi connectivity index (χ4n) is 6.59. The first kappa shape index (κ1) is 23.5. The first-order valence-corrected chi connectivity index (χ1v) is 12.0. The number of fused-ring (bicyclic) bond motifs is 1. The van der Waals surface area contributed by atoms with Gasteiger partial charge in [-0.15, -0.1) is 0 Å². The summed E-state index contributed by atoms with van der Waals surface area (Å²) in [6.07, 6.45) is 12.6. The van der Waals surface area contributed by atoms with Gasteiger partial charge in [0.2, 0.25) is 0 Å². The minimum atomic E-state index is -0.839.